The van der Waals surface area contributed by atoms with Crippen molar-refractivity contribution in [3.63, 3.8) is 0 Å². The molecule has 1 heterocycles. The number of nitrogens with two attached hydrogens (primary N) is 1. The topological polar surface area (TPSA) is 63.8 Å². The molecule has 0 radical (unpaired) electrons. The largest absolute Gasteiger partial charge is 0.271 e. The van der Waals surface area contributed by atoms with Gasteiger partial charge in [-0.3, -0.25) is 5.84 Å². The van der Waals surface area contributed by atoms with Crippen LogP contribution < -0.4 is 11.3 Å². The van der Waals surface area contributed by atoms with E-state index in [-0.39, 0.29) is 6.04 Å². The number of hydrogen-bond acceptors (Lipinski definition) is 4. The van der Waals surface area contributed by atoms with Crippen LogP contribution in [0, 0.1) is 0 Å². The molecule has 0 amide bonds. The van der Waals surface area contributed by atoms with Crippen molar-refractivity contribution >= 4 is 11.6 Å². The summed E-state index contributed by atoms with van der Waals surface area (Å²) in [4.78, 5) is 8.03. The molecule has 1 aromatic carbocycles. The number of benzene rings is 1. The molecule has 0 aliphatic carbocycles. The smallest absolute Gasteiger partial charge is 0.115 e. The molecule has 0 aliphatic rings. The van der Waals surface area contributed by atoms with Gasteiger partial charge in [0.1, 0.15) is 6.33 Å². The van der Waals surface area contributed by atoms with Crippen LogP contribution >= 0.6 is 11.6 Å². The normalized spacial score (nSPS) is 12.4. The summed E-state index contributed by atoms with van der Waals surface area (Å²) in [7, 11) is 0. The molecule has 82 valence electrons. The summed E-state index contributed by atoms with van der Waals surface area (Å²) in [6, 6.07) is 9.13. The first-order chi connectivity index (χ1) is 7.81. The number of halogens is 1. The third-order valence-corrected chi connectivity index (χ3v) is 2.52. The molecule has 0 fully saturated rings. The molecular weight excluding hydrogens is 224 g/mol. The van der Waals surface area contributed by atoms with Gasteiger partial charge in [0.05, 0.1) is 11.7 Å². The molecule has 2 rings (SSSR count). The number of aromatic nitrogens is 2. The first-order valence-electron chi connectivity index (χ1n) is 4.79. The third-order valence-electron chi connectivity index (χ3n) is 2.27. The van der Waals surface area contributed by atoms with Gasteiger partial charge in [-0.05, 0) is 23.8 Å². The fraction of sp³-hybridized carbons (Fsp3) is 0.0909. The van der Waals surface area contributed by atoms with E-state index in [1.807, 2.05) is 30.3 Å². The molecule has 3 N–H and O–H groups in total. The summed E-state index contributed by atoms with van der Waals surface area (Å²) >= 11 is 5.83. The SMILES string of the molecule is NNC(c1ccc(Cl)cc1)c1ccncn1. The van der Waals surface area contributed by atoms with Crippen molar-refractivity contribution in [2.24, 2.45) is 5.84 Å². The fourth-order valence-corrected chi connectivity index (χ4v) is 1.61. The zero-order chi connectivity index (χ0) is 11.4. The molecule has 0 spiro atoms. The average Bonchev–Trinajstić information content (AvgIpc) is 2.34. The lowest BCUT2D eigenvalue weighted by Gasteiger charge is -2.15. The molecule has 16 heavy (non-hydrogen) atoms. The lowest BCUT2D eigenvalue weighted by Crippen LogP contribution is -2.29. The minimum absolute atomic E-state index is 0.153. The number of hydrogen-bond donors (Lipinski definition) is 2. The third kappa shape index (κ3) is 2.36. The van der Waals surface area contributed by atoms with Crippen molar-refractivity contribution in [2.75, 3.05) is 0 Å². The van der Waals surface area contributed by atoms with Crippen molar-refractivity contribution in [3.8, 4) is 0 Å². The molecule has 0 aliphatic heterocycles. The summed E-state index contributed by atoms with van der Waals surface area (Å²) in [6.45, 7) is 0. The van der Waals surface area contributed by atoms with Crippen LogP contribution in [0.1, 0.15) is 17.3 Å². The number of hydrazine groups is 1. The van der Waals surface area contributed by atoms with Crippen LogP contribution in [0.3, 0.4) is 0 Å². The summed E-state index contributed by atoms with van der Waals surface area (Å²) in [5.41, 5.74) is 4.55. The standard InChI is InChI=1S/C11H11ClN4/c12-9-3-1-8(2-4-9)11(16-13)10-5-6-14-7-15-10/h1-7,11,16H,13H2. The van der Waals surface area contributed by atoms with Gasteiger partial charge in [-0.15, -0.1) is 0 Å². The van der Waals surface area contributed by atoms with Gasteiger partial charge in [-0.2, -0.15) is 0 Å². The van der Waals surface area contributed by atoms with Crippen molar-refractivity contribution in [1.82, 2.24) is 15.4 Å². The molecule has 0 saturated carbocycles. The second kappa shape index (κ2) is 5.03. The van der Waals surface area contributed by atoms with Gasteiger partial charge < -0.3 is 0 Å². The van der Waals surface area contributed by atoms with Gasteiger partial charge in [0.15, 0.2) is 0 Å². The fourth-order valence-electron chi connectivity index (χ4n) is 1.48. The quantitative estimate of drug-likeness (QED) is 0.627. The summed E-state index contributed by atoms with van der Waals surface area (Å²) < 4.78 is 0. The predicted molar refractivity (Wildman–Crippen MR) is 62.7 cm³/mol. The van der Waals surface area contributed by atoms with Crippen molar-refractivity contribution in [3.05, 3.63) is 59.1 Å². The molecule has 1 aromatic heterocycles. The van der Waals surface area contributed by atoms with Crippen LogP contribution in [0.4, 0.5) is 0 Å². The van der Waals surface area contributed by atoms with E-state index < -0.39 is 0 Å². The minimum atomic E-state index is -0.153. The Balaban J connectivity index is 2.33. The molecule has 1 atom stereocenters. The van der Waals surface area contributed by atoms with Gasteiger partial charge in [0.2, 0.25) is 0 Å². The number of nitrogens with one attached hydrogen (secondary N) is 1. The van der Waals surface area contributed by atoms with Gasteiger partial charge in [0.25, 0.3) is 0 Å². The average molecular weight is 235 g/mol. The van der Waals surface area contributed by atoms with Crippen molar-refractivity contribution in [2.45, 2.75) is 6.04 Å². The molecular formula is C11H11ClN4. The molecule has 1 unspecified atom stereocenters. The van der Waals surface area contributed by atoms with Gasteiger partial charge in [-0.25, -0.2) is 15.4 Å². The lowest BCUT2D eigenvalue weighted by molar-refractivity contribution is 0.619. The summed E-state index contributed by atoms with van der Waals surface area (Å²) in [6.07, 6.45) is 3.18. The van der Waals surface area contributed by atoms with Crippen LogP contribution in [0.25, 0.3) is 0 Å². The second-order valence-electron chi connectivity index (χ2n) is 3.29. The van der Waals surface area contributed by atoms with Crippen LogP contribution in [0.15, 0.2) is 42.9 Å². The Labute approximate surface area is 98.5 Å². The van der Waals surface area contributed by atoms with Gasteiger partial charge >= 0.3 is 0 Å². The maximum atomic E-state index is 5.83. The summed E-state index contributed by atoms with van der Waals surface area (Å²) in [5, 5.41) is 0.696. The zero-order valence-corrected chi connectivity index (χ0v) is 9.22. The van der Waals surface area contributed by atoms with E-state index in [9.17, 15) is 0 Å². The molecule has 0 bridgehead atoms. The Morgan fingerprint density at radius 1 is 1.19 bits per heavy atom. The van der Waals surface area contributed by atoms with Crippen LogP contribution in [0.5, 0.6) is 0 Å². The Morgan fingerprint density at radius 3 is 2.50 bits per heavy atom. The monoisotopic (exact) mass is 234 g/mol. The Morgan fingerprint density at radius 2 is 1.94 bits per heavy atom. The maximum absolute atomic E-state index is 5.83. The van der Waals surface area contributed by atoms with Crippen LogP contribution in [-0.2, 0) is 0 Å². The Kier molecular flexibility index (Phi) is 3.46. The molecule has 5 heteroatoms. The first kappa shape index (κ1) is 11.0. The van der Waals surface area contributed by atoms with E-state index in [1.54, 1.807) is 6.20 Å². The van der Waals surface area contributed by atoms with E-state index in [0.717, 1.165) is 11.3 Å². The first-order valence-corrected chi connectivity index (χ1v) is 5.16. The molecule has 4 nitrogen and oxygen atoms in total. The predicted octanol–water partition coefficient (Wildman–Crippen LogP) is 1.68. The number of rotatable bonds is 3. The number of nitrogens with zero attached hydrogens (tertiary/aromatic N) is 2. The maximum Gasteiger partial charge on any atom is 0.115 e. The second-order valence-corrected chi connectivity index (χ2v) is 3.72. The zero-order valence-electron chi connectivity index (χ0n) is 8.47. The summed E-state index contributed by atoms with van der Waals surface area (Å²) in [5.74, 6) is 5.53. The van der Waals surface area contributed by atoms with Crippen LogP contribution in [0.2, 0.25) is 5.02 Å². The minimum Gasteiger partial charge on any atom is -0.271 e. The Bertz CT molecular complexity index is 443. The molecule has 0 saturated heterocycles. The van der Waals surface area contributed by atoms with E-state index in [4.69, 9.17) is 17.4 Å². The molecule has 2 aromatic rings. The highest BCUT2D eigenvalue weighted by Gasteiger charge is 2.12. The van der Waals surface area contributed by atoms with Gasteiger partial charge in [0, 0.05) is 11.2 Å². The highest BCUT2D eigenvalue weighted by molar-refractivity contribution is 6.30. The highest BCUT2D eigenvalue weighted by atomic mass is 35.5. The van der Waals surface area contributed by atoms with Crippen molar-refractivity contribution in [1.29, 1.82) is 0 Å². The van der Waals surface area contributed by atoms with Crippen molar-refractivity contribution < 1.29 is 0 Å². The van der Waals surface area contributed by atoms with E-state index in [2.05, 4.69) is 15.4 Å². The highest BCUT2D eigenvalue weighted by Crippen LogP contribution is 2.20. The lowest BCUT2D eigenvalue weighted by atomic mass is 10.0. The van der Waals surface area contributed by atoms with E-state index >= 15 is 0 Å². The van der Waals surface area contributed by atoms with Gasteiger partial charge in [-0.1, -0.05) is 23.7 Å². The van der Waals surface area contributed by atoms with E-state index in [1.165, 1.54) is 6.33 Å². The Hall–Kier alpha value is -1.49. The van der Waals surface area contributed by atoms with E-state index in [0.29, 0.717) is 5.02 Å². The van der Waals surface area contributed by atoms with Crippen LogP contribution in [-0.4, -0.2) is 9.97 Å².